The predicted molar refractivity (Wildman–Crippen MR) is 71.1 cm³/mol. The Morgan fingerprint density at radius 3 is 2.83 bits per heavy atom. The van der Waals surface area contributed by atoms with Crippen LogP contribution in [0.5, 0.6) is 0 Å². The van der Waals surface area contributed by atoms with E-state index in [4.69, 9.17) is 12.2 Å². The van der Waals surface area contributed by atoms with Crippen LogP contribution in [-0.4, -0.2) is 19.7 Å². The largest absolute Gasteiger partial charge is 0.315 e. The standard InChI is InChI=1S/C12H14N4OS/c1-16-9-5-3-2-4-7(9)6-8(11(16)17)10-13-12(18)15-14-10/h6H,2-5H2,1H3,(H2,13,14,15,18). The molecule has 0 aromatic carbocycles. The molecular formula is C12H14N4OS. The van der Waals surface area contributed by atoms with Crippen molar-refractivity contribution in [3.8, 4) is 11.4 Å². The van der Waals surface area contributed by atoms with E-state index in [9.17, 15) is 4.79 Å². The van der Waals surface area contributed by atoms with Crippen molar-refractivity contribution < 1.29 is 0 Å². The average Bonchev–Trinajstić information content (AvgIpc) is 2.80. The molecule has 0 spiro atoms. The average molecular weight is 262 g/mol. The Bertz CT molecular complexity index is 710. The van der Waals surface area contributed by atoms with Crippen LogP contribution < -0.4 is 5.56 Å². The third-order valence-corrected chi connectivity index (χ3v) is 3.69. The Morgan fingerprint density at radius 1 is 1.33 bits per heavy atom. The van der Waals surface area contributed by atoms with E-state index >= 15 is 0 Å². The van der Waals surface area contributed by atoms with Crippen LogP contribution in [0.15, 0.2) is 10.9 Å². The van der Waals surface area contributed by atoms with Gasteiger partial charge in [-0.3, -0.25) is 15.0 Å². The zero-order valence-electron chi connectivity index (χ0n) is 10.1. The monoisotopic (exact) mass is 262 g/mol. The minimum atomic E-state index is -0.0200. The Hall–Kier alpha value is -1.69. The number of nitrogens with zero attached hydrogens (tertiary/aromatic N) is 2. The van der Waals surface area contributed by atoms with Crippen LogP contribution in [-0.2, 0) is 19.9 Å². The number of rotatable bonds is 1. The first-order valence-corrected chi connectivity index (χ1v) is 6.44. The van der Waals surface area contributed by atoms with E-state index in [1.165, 1.54) is 12.0 Å². The van der Waals surface area contributed by atoms with E-state index in [0.29, 0.717) is 16.2 Å². The van der Waals surface area contributed by atoms with Crippen molar-refractivity contribution in [2.45, 2.75) is 25.7 Å². The summed E-state index contributed by atoms with van der Waals surface area (Å²) in [6.45, 7) is 0. The van der Waals surface area contributed by atoms with Crippen molar-refractivity contribution in [2.75, 3.05) is 0 Å². The first-order chi connectivity index (χ1) is 8.66. The van der Waals surface area contributed by atoms with Gasteiger partial charge < -0.3 is 4.57 Å². The lowest BCUT2D eigenvalue weighted by Gasteiger charge is -2.19. The Labute approximate surface area is 109 Å². The summed E-state index contributed by atoms with van der Waals surface area (Å²) in [6.07, 6.45) is 4.35. The van der Waals surface area contributed by atoms with Crippen LogP contribution in [0.1, 0.15) is 24.1 Å². The van der Waals surface area contributed by atoms with Gasteiger partial charge in [0, 0.05) is 12.7 Å². The highest BCUT2D eigenvalue weighted by molar-refractivity contribution is 7.71. The van der Waals surface area contributed by atoms with Crippen molar-refractivity contribution in [3.05, 3.63) is 32.4 Å². The summed E-state index contributed by atoms with van der Waals surface area (Å²) in [5.41, 5.74) is 2.98. The van der Waals surface area contributed by atoms with E-state index in [-0.39, 0.29) is 5.56 Å². The van der Waals surface area contributed by atoms with Gasteiger partial charge in [-0.05, 0) is 49.5 Å². The maximum absolute atomic E-state index is 12.3. The van der Waals surface area contributed by atoms with Gasteiger partial charge in [-0.25, -0.2) is 0 Å². The molecule has 2 heterocycles. The van der Waals surface area contributed by atoms with Crippen LogP contribution in [0.25, 0.3) is 11.4 Å². The number of aromatic nitrogens is 4. The van der Waals surface area contributed by atoms with Gasteiger partial charge in [-0.2, -0.15) is 4.98 Å². The molecule has 2 aromatic heterocycles. The number of H-pyrrole nitrogens is 2. The lowest BCUT2D eigenvalue weighted by atomic mass is 9.94. The Morgan fingerprint density at radius 2 is 2.11 bits per heavy atom. The van der Waals surface area contributed by atoms with Crippen LogP contribution in [0.3, 0.4) is 0 Å². The molecule has 0 aliphatic heterocycles. The number of fused-ring (bicyclic) bond motifs is 1. The molecule has 18 heavy (non-hydrogen) atoms. The lowest BCUT2D eigenvalue weighted by Crippen LogP contribution is -2.25. The van der Waals surface area contributed by atoms with Gasteiger partial charge in [0.2, 0.25) is 4.77 Å². The fourth-order valence-electron chi connectivity index (χ4n) is 2.56. The zero-order valence-corrected chi connectivity index (χ0v) is 10.9. The van der Waals surface area contributed by atoms with E-state index < -0.39 is 0 Å². The molecule has 2 aromatic rings. The summed E-state index contributed by atoms with van der Waals surface area (Å²) in [7, 11) is 1.83. The summed E-state index contributed by atoms with van der Waals surface area (Å²) in [5.74, 6) is 0.522. The highest BCUT2D eigenvalue weighted by Crippen LogP contribution is 2.22. The molecule has 5 nitrogen and oxygen atoms in total. The van der Waals surface area contributed by atoms with Gasteiger partial charge in [0.05, 0.1) is 5.56 Å². The molecule has 0 saturated heterocycles. The third-order valence-electron chi connectivity index (χ3n) is 3.50. The number of pyridine rings is 1. The van der Waals surface area contributed by atoms with Crippen LogP contribution in [0.4, 0.5) is 0 Å². The Balaban J connectivity index is 2.25. The van der Waals surface area contributed by atoms with Gasteiger partial charge in [-0.15, -0.1) is 0 Å². The van der Waals surface area contributed by atoms with E-state index in [1.54, 1.807) is 4.57 Å². The van der Waals surface area contributed by atoms with Crippen molar-refractivity contribution >= 4 is 12.2 Å². The van der Waals surface area contributed by atoms with E-state index in [2.05, 4.69) is 15.2 Å². The molecule has 0 atom stereocenters. The quantitative estimate of drug-likeness (QED) is 0.769. The molecule has 0 saturated carbocycles. The fraction of sp³-hybridized carbons (Fsp3) is 0.417. The highest BCUT2D eigenvalue weighted by atomic mass is 32.1. The second-order valence-electron chi connectivity index (χ2n) is 4.62. The van der Waals surface area contributed by atoms with Crippen LogP contribution in [0.2, 0.25) is 0 Å². The minimum absolute atomic E-state index is 0.0200. The molecule has 1 aliphatic carbocycles. The minimum Gasteiger partial charge on any atom is -0.315 e. The molecule has 0 fully saturated rings. The topological polar surface area (TPSA) is 66.5 Å². The molecule has 1 aliphatic rings. The molecule has 0 amide bonds. The number of aryl methyl sites for hydroxylation is 1. The molecule has 0 radical (unpaired) electrons. The van der Waals surface area contributed by atoms with E-state index in [1.807, 2.05) is 13.1 Å². The number of hydrogen-bond donors (Lipinski definition) is 2. The molecule has 0 unspecified atom stereocenters. The highest BCUT2D eigenvalue weighted by Gasteiger charge is 2.17. The molecule has 6 heteroatoms. The Kier molecular flexibility index (Phi) is 2.66. The first-order valence-electron chi connectivity index (χ1n) is 6.03. The second-order valence-corrected chi connectivity index (χ2v) is 5.00. The van der Waals surface area contributed by atoms with Crippen molar-refractivity contribution in [2.24, 2.45) is 7.05 Å². The first kappa shape index (κ1) is 11.4. The van der Waals surface area contributed by atoms with Gasteiger partial charge in [0.25, 0.3) is 5.56 Å². The molecule has 0 bridgehead atoms. The maximum atomic E-state index is 12.3. The third kappa shape index (κ3) is 1.73. The van der Waals surface area contributed by atoms with Crippen molar-refractivity contribution in [1.82, 2.24) is 19.7 Å². The SMILES string of the molecule is Cn1c2c(cc(-c3nc(=S)[nH][nH]3)c1=O)CCCC2. The van der Waals surface area contributed by atoms with Crippen molar-refractivity contribution in [3.63, 3.8) is 0 Å². The molecule has 94 valence electrons. The van der Waals surface area contributed by atoms with Gasteiger partial charge in [-0.1, -0.05) is 0 Å². The number of aromatic amines is 2. The van der Waals surface area contributed by atoms with Crippen LogP contribution in [0, 0.1) is 4.77 Å². The predicted octanol–water partition coefficient (Wildman–Crippen LogP) is 1.71. The number of nitrogens with one attached hydrogen (secondary N) is 2. The lowest BCUT2D eigenvalue weighted by molar-refractivity contribution is 0.624. The summed E-state index contributed by atoms with van der Waals surface area (Å²) in [4.78, 5) is 16.4. The summed E-state index contributed by atoms with van der Waals surface area (Å²) in [5, 5.41) is 5.57. The molecule has 3 rings (SSSR count). The number of hydrogen-bond acceptors (Lipinski definition) is 3. The molecule has 2 N–H and O–H groups in total. The van der Waals surface area contributed by atoms with Gasteiger partial charge in [0.1, 0.15) is 0 Å². The van der Waals surface area contributed by atoms with Crippen LogP contribution >= 0.6 is 12.2 Å². The van der Waals surface area contributed by atoms with Gasteiger partial charge >= 0.3 is 0 Å². The fourth-order valence-corrected chi connectivity index (χ4v) is 2.70. The second kappa shape index (κ2) is 4.20. The zero-order chi connectivity index (χ0) is 12.7. The summed E-state index contributed by atoms with van der Waals surface area (Å²) >= 11 is 4.92. The smallest absolute Gasteiger partial charge is 0.261 e. The summed E-state index contributed by atoms with van der Waals surface area (Å²) in [6, 6.07) is 1.96. The molecular weight excluding hydrogens is 248 g/mol. The maximum Gasteiger partial charge on any atom is 0.261 e. The van der Waals surface area contributed by atoms with E-state index in [0.717, 1.165) is 25.0 Å². The van der Waals surface area contributed by atoms with Gasteiger partial charge in [0.15, 0.2) is 5.82 Å². The van der Waals surface area contributed by atoms with Crippen molar-refractivity contribution in [1.29, 1.82) is 0 Å². The summed E-state index contributed by atoms with van der Waals surface area (Å²) < 4.78 is 2.11. The normalized spacial score (nSPS) is 14.5.